The Labute approximate surface area is 156 Å². The summed E-state index contributed by atoms with van der Waals surface area (Å²) in [6.45, 7) is 2.38. The van der Waals surface area contributed by atoms with Crippen LogP contribution in [0.3, 0.4) is 0 Å². The molecule has 1 N–H and O–H groups in total. The highest BCUT2D eigenvalue weighted by Crippen LogP contribution is 2.32. The highest BCUT2D eigenvalue weighted by molar-refractivity contribution is 5.95. The van der Waals surface area contributed by atoms with Crippen LogP contribution in [0.25, 0.3) is 0 Å². The number of likely N-dealkylation sites (N-methyl/N-ethyl adjacent to an activating group) is 1. The van der Waals surface area contributed by atoms with E-state index in [1.807, 2.05) is 0 Å². The molecule has 2 aromatic rings. The molecular formula is C18H20N4O5. The number of hydrogen-bond donors (Lipinski definition) is 1. The molecule has 2 heterocycles. The Hall–Kier alpha value is -3.36. The predicted octanol–water partition coefficient (Wildman–Crippen LogP) is 1.25. The maximum atomic E-state index is 12.3. The van der Waals surface area contributed by atoms with Gasteiger partial charge >= 0.3 is 5.97 Å². The summed E-state index contributed by atoms with van der Waals surface area (Å²) in [4.78, 5) is 33.9. The van der Waals surface area contributed by atoms with Crippen LogP contribution >= 0.6 is 0 Å². The zero-order valence-electron chi connectivity index (χ0n) is 15.0. The van der Waals surface area contributed by atoms with Crippen molar-refractivity contribution < 1.29 is 23.8 Å². The number of nitrogens with zero attached hydrogens (tertiary/aromatic N) is 3. The number of carbonyl (C=O) groups excluding carboxylic acids is 2. The predicted molar refractivity (Wildman–Crippen MR) is 96.9 cm³/mol. The van der Waals surface area contributed by atoms with E-state index in [1.165, 1.54) is 11.8 Å². The van der Waals surface area contributed by atoms with Gasteiger partial charge in [0.2, 0.25) is 5.95 Å². The first-order chi connectivity index (χ1) is 13.0. The fraction of sp³-hybridized carbons (Fsp3) is 0.333. The Bertz CT molecular complexity index is 815. The van der Waals surface area contributed by atoms with Crippen molar-refractivity contribution in [2.45, 2.75) is 13.0 Å². The first-order valence-electron chi connectivity index (χ1n) is 8.41. The van der Waals surface area contributed by atoms with Gasteiger partial charge in [-0.25, -0.2) is 9.97 Å². The van der Waals surface area contributed by atoms with Crippen molar-refractivity contribution in [2.24, 2.45) is 0 Å². The van der Waals surface area contributed by atoms with E-state index in [-0.39, 0.29) is 6.54 Å². The van der Waals surface area contributed by atoms with Gasteiger partial charge in [-0.1, -0.05) is 0 Å². The lowest BCUT2D eigenvalue weighted by atomic mass is 10.2. The van der Waals surface area contributed by atoms with Gasteiger partial charge in [0.15, 0.2) is 17.6 Å². The number of nitrogens with one attached hydrogen (secondary N) is 1. The zero-order valence-corrected chi connectivity index (χ0v) is 15.0. The second-order valence-electron chi connectivity index (χ2n) is 5.88. The molecule has 0 fully saturated rings. The van der Waals surface area contributed by atoms with Gasteiger partial charge in [0.25, 0.3) is 5.91 Å². The molecule has 27 heavy (non-hydrogen) atoms. The molecule has 3 rings (SSSR count). The van der Waals surface area contributed by atoms with Crippen LogP contribution in [0.15, 0.2) is 36.7 Å². The number of rotatable bonds is 6. The van der Waals surface area contributed by atoms with Crippen LogP contribution in [-0.4, -0.2) is 54.8 Å². The van der Waals surface area contributed by atoms with Crippen LogP contribution < -0.4 is 19.7 Å². The second-order valence-corrected chi connectivity index (χ2v) is 5.88. The molecule has 1 aliphatic heterocycles. The van der Waals surface area contributed by atoms with Gasteiger partial charge in [0.05, 0.1) is 0 Å². The minimum atomic E-state index is -0.962. The monoisotopic (exact) mass is 372 g/mol. The first-order valence-corrected chi connectivity index (χ1v) is 8.41. The largest absolute Gasteiger partial charge is 0.486 e. The fourth-order valence-corrected chi connectivity index (χ4v) is 2.41. The molecule has 9 heteroatoms. The van der Waals surface area contributed by atoms with Gasteiger partial charge in [0, 0.05) is 31.2 Å². The third-order valence-electron chi connectivity index (χ3n) is 3.75. The van der Waals surface area contributed by atoms with Crippen LogP contribution in [0.4, 0.5) is 11.6 Å². The number of esters is 1. The van der Waals surface area contributed by atoms with Gasteiger partial charge in [-0.3, -0.25) is 9.59 Å². The summed E-state index contributed by atoms with van der Waals surface area (Å²) in [5, 5.41) is 2.69. The average molecular weight is 372 g/mol. The summed E-state index contributed by atoms with van der Waals surface area (Å²) in [7, 11) is 1.66. The quantitative estimate of drug-likeness (QED) is 0.756. The number of aromatic nitrogens is 2. The average Bonchev–Trinajstić information content (AvgIpc) is 2.68. The van der Waals surface area contributed by atoms with Gasteiger partial charge in [0.1, 0.15) is 19.8 Å². The fourth-order valence-electron chi connectivity index (χ4n) is 2.41. The number of hydrogen-bond acceptors (Lipinski definition) is 8. The highest BCUT2D eigenvalue weighted by Gasteiger charge is 2.20. The molecule has 0 radical (unpaired) electrons. The Morgan fingerprint density at radius 1 is 1.22 bits per heavy atom. The first kappa shape index (κ1) is 18.4. The smallest absolute Gasteiger partial charge is 0.326 e. The molecule has 0 spiro atoms. The van der Waals surface area contributed by atoms with E-state index >= 15 is 0 Å². The molecule has 0 aliphatic carbocycles. The minimum Gasteiger partial charge on any atom is -0.486 e. The van der Waals surface area contributed by atoms with Gasteiger partial charge in [-0.05, 0) is 25.1 Å². The lowest BCUT2D eigenvalue weighted by Crippen LogP contribution is -2.35. The molecule has 0 saturated carbocycles. The van der Waals surface area contributed by atoms with Crippen LogP contribution in [0.1, 0.15) is 6.92 Å². The van der Waals surface area contributed by atoms with E-state index in [1.54, 1.807) is 43.7 Å². The minimum absolute atomic E-state index is 0.0777. The second kappa shape index (κ2) is 8.35. The van der Waals surface area contributed by atoms with Crippen LogP contribution in [0.2, 0.25) is 0 Å². The summed E-state index contributed by atoms with van der Waals surface area (Å²) in [5.74, 6) is 0.578. The number of ether oxygens (including phenoxy) is 3. The van der Waals surface area contributed by atoms with Gasteiger partial charge in [-0.2, -0.15) is 0 Å². The molecule has 0 unspecified atom stereocenters. The number of anilines is 2. The van der Waals surface area contributed by atoms with E-state index in [4.69, 9.17) is 14.2 Å². The van der Waals surface area contributed by atoms with Crippen molar-refractivity contribution >= 4 is 23.5 Å². The molecular weight excluding hydrogens is 352 g/mol. The van der Waals surface area contributed by atoms with Crippen LogP contribution in [0.5, 0.6) is 11.5 Å². The van der Waals surface area contributed by atoms with Crippen molar-refractivity contribution in [3.05, 3.63) is 36.7 Å². The molecule has 1 aromatic carbocycles. The van der Waals surface area contributed by atoms with Crippen molar-refractivity contribution in [3.8, 4) is 11.5 Å². The normalized spacial score (nSPS) is 13.4. The van der Waals surface area contributed by atoms with E-state index in [9.17, 15) is 9.59 Å². The SMILES string of the molecule is C[C@@H](OC(=O)CN(C)c1ncccn1)C(=O)Nc1ccc2c(c1)OCCO2. The van der Waals surface area contributed by atoms with E-state index in [0.29, 0.717) is 36.3 Å². The molecule has 1 aliphatic rings. The van der Waals surface area contributed by atoms with E-state index in [0.717, 1.165) is 0 Å². The van der Waals surface area contributed by atoms with E-state index < -0.39 is 18.0 Å². The van der Waals surface area contributed by atoms with Crippen molar-refractivity contribution in [1.82, 2.24) is 9.97 Å². The van der Waals surface area contributed by atoms with Crippen LogP contribution in [-0.2, 0) is 14.3 Å². The number of amides is 1. The molecule has 1 aromatic heterocycles. The Morgan fingerprint density at radius 2 is 1.93 bits per heavy atom. The summed E-state index contributed by atoms with van der Waals surface area (Å²) >= 11 is 0. The van der Waals surface area contributed by atoms with Crippen molar-refractivity contribution in [1.29, 1.82) is 0 Å². The van der Waals surface area contributed by atoms with Crippen LogP contribution in [0, 0.1) is 0 Å². The van der Waals surface area contributed by atoms with Gasteiger partial charge < -0.3 is 24.4 Å². The molecule has 0 saturated heterocycles. The lowest BCUT2D eigenvalue weighted by molar-refractivity contribution is -0.151. The maximum Gasteiger partial charge on any atom is 0.326 e. The summed E-state index contributed by atoms with van der Waals surface area (Å²) in [6.07, 6.45) is 2.19. The zero-order chi connectivity index (χ0) is 19.2. The number of carbonyl (C=O) groups is 2. The molecule has 1 amide bonds. The summed E-state index contributed by atoms with van der Waals surface area (Å²) < 4.78 is 16.1. The molecule has 142 valence electrons. The summed E-state index contributed by atoms with van der Waals surface area (Å²) in [6, 6.07) is 6.76. The Kier molecular flexibility index (Phi) is 5.70. The highest BCUT2D eigenvalue weighted by atomic mass is 16.6. The Morgan fingerprint density at radius 3 is 2.67 bits per heavy atom. The maximum absolute atomic E-state index is 12.3. The standard InChI is InChI=1S/C18H20N4O5/c1-12(27-16(23)11-22(2)18-19-6-3-7-20-18)17(24)21-13-4-5-14-15(10-13)26-9-8-25-14/h3-7,10,12H,8-9,11H2,1-2H3,(H,21,24)/t12-/m1/s1. The third kappa shape index (κ3) is 4.84. The molecule has 0 bridgehead atoms. The molecule has 1 atom stereocenters. The van der Waals surface area contributed by atoms with Gasteiger partial charge in [-0.15, -0.1) is 0 Å². The third-order valence-corrected chi connectivity index (χ3v) is 3.75. The lowest BCUT2D eigenvalue weighted by Gasteiger charge is -2.20. The van der Waals surface area contributed by atoms with E-state index in [2.05, 4.69) is 15.3 Å². The van der Waals surface area contributed by atoms with Crippen molar-refractivity contribution in [3.63, 3.8) is 0 Å². The topological polar surface area (TPSA) is 103 Å². The number of fused-ring (bicyclic) bond motifs is 1. The number of benzene rings is 1. The Balaban J connectivity index is 1.52. The van der Waals surface area contributed by atoms with Crippen molar-refractivity contribution in [2.75, 3.05) is 37.0 Å². The molecule has 9 nitrogen and oxygen atoms in total. The summed E-state index contributed by atoms with van der Waals surface area (Å²) in [5.41, 5.74) is 0.530.